The van der Waals surface area contributed by atoms with E-state index in [1.807, 2.05) is 31.3 Å². The number of benzene rings is 2. The molecule has 1 aromatic heterocycles. The van der Waals surface area contributed by atoms with Crippen molar-refractivity contribution in [3.63, 3.8) is 0 Å². The summed E-state index contributed by atoms with van der Waals surface area (Å²) in [5, 5.41) is 14.5. The largest absolute Gasteiger partial charge is 0.481 e. The molecule has 15 heteroatoms. The van der Waals surface area contributed by atoms with Gasteiger partial charge in [0.25, 0.3) is 5.91 Å². The number of anilines is 2. The smallest absolute Gasteiger partial charge is 0.417 e. The number of halogens is 3. The molecule has 0 unspecified atom stereocenters. The Morgan fingerprint density at radius 3 is 2.12 bits per heavy atom. The number of unbranched alkanes of at least 4 members (excludes halogenated alkanes) is 6. The zero-order valence-electron chi connectivity index (χ0n) is 32.8. The van der Waals surface area contributed by atoms with Gasteiger partial charge in [-0.25, -0.2) is 0 Å². The first-order valence-electron chi connectivity index (χ1n) is 20.1. The SMILES string of the molecule is CN1CCN(c2ccc(-c3cccc(CN4CCN(CCNC(=O)CCCCCCCCCC(=O)O)CC4)c3)cc2NC(=O)c2c[nH]c(=O)cc2C(F)(F)F)CC1. The van der Waals surface area contributed by atoms with Crippen LogP contribution in [-0.4, -0.2) is 115 Å². The summed E-state index contributed by atoms with van der Waals surface area (Å²) < 4.78 is 41.5. The monoisotopic (exact) mass is 795 g/mol. The maximum Gasteiger partial charge on any atom is 0.417 e. The van der Waals surface area contributed by atoms with Crippen LogP contribution in [0.4, 0.5) is 24.5 Å². The normalized spacial score (nSPS) is 15.8. The molecule has 0 radical (unpaired) electrons. The number of nitrogens with zero attached hydrogens (tertiary/aromatic N) is 4. The van der Waals surface area contributed by atoms with Gasteiger partial charge in [0.2, 0.25) is 11.5 Å². The lowest BCUT2D eigenvalue weighted by Gasteiger charge is -2.35. The molecular weight excluding hydrogens is 740 g/mol. The van der Waals surface area contributed by atoms with Crippen LogP contribution >= 0.6 is 0 Å². The first kappa shape index (κ1) is 43.4. The number of carboxylic acids is 1. The third kappa shape index (κ3) is 13.7. The topological polar surface area (TPSA) is 141 Å². The third-order valence-electron chi connectivity index (χ3n) is 10.7. The molecule has 3 aromatic rings. The van der Waals surface area contributed by atoms with Crippen LogP contribution in [0.1, 0.15) is 79.3 Å². The van der Waals surface area contributed by atoms with E-state index < -0.39 is 34.7 Å². The summed E-state index contributed by atoms with van der Waals surface area (Å²) >= 11 is 0. The Morgan fingerprint density at radius 2 is 1.44 bits per heavy atom. The third-order valence-corrected chi connectivity index (χ3v) is 10.7. The summed E-state index contributed by atoms with van der Waals surface area (Å²) in [6.07, 6.45) is 3.42. The molecule has 2 amide bonds. The Morgan fingerprint density at radius 1 is 0.789 bits per heavy atom. The number of carboxylic acid groups (broad SMARTS) is 1. The molecule has 4 N–H and O–H groups in total. The minimum absolute atomic E-state index is 0.0859. The molecule has 0 atom stereocenters. The second-order valence-electron chi connectivity index (χ2n) is 15.1. The first-order chi connectivity index (χ1) is 27.4. The number of alkyl halides is 3. The van der Waals surface area contributed by atoms with Crippen molar-refractivity contribution in [3.05, 3.63) is 81.8 Å². The molecule has 57 heavy (non-hydrogen) atoms. The summed E-state index contributed by atoms with van der Waals surface area (Å²) in [6.45, 7) is 8.68. The molecule has 2 fully saturated rings. The number of amides is 2. The second-order valence-corrected chi connectivity index (χ2v) is 15.1. The van der Waals surface area contributed by atoms with E-state index in [-0.39, 0.29) is 12.3 Å². The van der Waals surface area contributed by atoms with Crippen molar-refractivity contribution in [2.75, 3.05) is 82.7 Å². The molecular formula is C42H56F3N7O5. The highest BCUT2D eigenvalue weighted by Gasteiger charge is 2.36. The van der Waals surface area contributed by atoms with Crippen LogP contribution in [0, 0.1) is 0 Å². The van der Waals surface area contributed by atoms with Gasteiger partial charge in [-0.3, -0.25) is 29.0 Å². The van der Waals surface area contributed by atoms with Crippen LogP contribution in [0.5, 0.6) is 0 Å². The Labute approximate surface area is 332 Å². The molecule has 12 nitrogen and oxygen atoms in total. The van der Waals surface area contributed by atoms with E-state index in [2.05, 4.69) is 47.3 Å². The van der Waals surface area contributed by atoms with Crippen LogP contribution in [0.2, 0.25) is 0 Å². The maximum absolute atomic E-state index is 13.8. The lowest BCUT2D eigenvalue weighted by Crippen LogP contribution is -2.48. The van der Waals surface area contributed by atoms with Crippen LogP contribution < -0.4 is 21.1 Å². The van der Waals surface area contributed by atoms with Gasteiger partial charge in [-0.2, -0.15) is 13.2 Å². The minimum atomic E-state index is -4.89. The van der Waals surface area contributed by atoms with Gasteiger partial charge < -0.3 is 30.5 Å². The zero-order chi connectivity index (χ0) is 40.8. The first-order valence-corrected chi connectivity index (χ1v) is 20.1. The van der Waals surface area contributed by atoms with E-state index in [1.165, 1.54) is 0 Å². The molecule has 5 rings (SSSR count). The standard InChI is InChI=1S/C42H56F3N7O5/c1-49-18-24-52(25-19-49)37-15-14-33(27-36(37)48-41(57)34-29-47-39(54)28-35(34)42(43,44)45)32-11-9-10-31(26-32)30-51-22-20-50(21-23-51)17-16-46-38(53)12-7-5-3-2-4-6-8-13-40(55)56/h9-11,14-15,26-29H,2-8,12-13,16-25,30H2,1H3,(H,46,53)(H,47,54)(H,48,57)(H,55,56). The fourth-order valence-corrected chi connectivity index (χ4v) is 7.39. The predicted octanol–water partition coefficient (Wildman–Crippen LogP) is 5.89. The molecule has 2 aromatic carbocycles. The Hall–Kier alpha value is -4.73. The highest BCUT2D eigenvalue weighted by molar-refractivity contribution is 6.07. The number of pyridine rings is 1. The molecule has 3 heterocycles. The molecule has 0 spiro atoms. The molecule has 0 bridgehead atoms. The van der Waals surface area contributed by atoms with Gasteiger partial charge in [-0.1, -0.05) is 56.4 Å². The van der Waals surface area contributed by atoms with Gasteiger partial charge in [-0.05, 0) is 54.8 Å². The van der Waals surface area contributed by atoms with E-state index in [9.17, 15) is 32.3 Å². The summed E-state index contributed by atoms with van der Waals surface area (Å²) in [7, 11) is 2.03. The quantitative estimate of drug-likeness (QED) is 0.109. The number of rotatable bonds is 19. The van der Waals surface area contributed by atoms with Crippen molar-refractivity contribution < 1.29 is 32.7 Å². The lowest BCUT2D eigenvalue weighted by molar-refractivity contribution is -0.138. The van der Waals surface area contributed by atoms with Crippen molar-refractivity contribution in [1.82, 2.24) is 25.0 Å². The van der Waals surface area contributed by atoms with Crippen molar-refractivity contribution in [2.24, 2.45) is 0 Å². The number of likely N-dealkylation sites (N-methyl/N-ethyl adjacent to an activating group) is 1. The summed E-state index contributed by atoms with van der Waals surface area (Å²) in [6, 6.07) is 14.2. The van der Waals surface area contributed by atoms with Crippen LogP contribution in [-0.2, 0) is 22.3 Å². The zero-order valence-corrected chi connectivity index (χ0v) is 32.8. The predicted molar refractivity (Wildman–Crippen MR) is 216 cm³/mol. The van der Waals surface area contributed by atoms with Gasteiger partial charge in [0.1, 0.15) is 0 Å². The highest BCUT2D eigenvalue weighted by Crippen LogP contribution is 2.35. The molecule has 0 saturated carbocycles. The van der Waals surface area contributed by atoms with Crippen LogP contribution in [0.15, 0.2) is 59.5 Å². The molecule has 2 aliphatic heterocycles. The van der Waals surface area contributed by atoms with E-state index in [0.717, 1.165) is 120 Å². The Kier molecular flexibility index (Phi) is 16.1. The molecule has 2 aliphatic rings. The van der Waals surface area contributed by atoms with Gasteiger partial charge in [0.15, 0.2) is 0 Å². The van der Waals surface area contributed by atoms with Crippen molar-refractivity contribution in [3.8, 4) is 11.1 Å². The van der Waals surface area contributed by atoms with Crippen molar-refractivity contribution >= 4 is 29.2 Å². The minimum Gasteiger partial charge on any atom is -0.481 e. The Balaban J connectivity index is 1.12. The highest BCUT2D eigenvalue weighted by atomic mass is 19.4. The van der Waals surface area contributed by atoms with Gasteiger partial charge in [0, 0.05) is 97.1 Å². The number of aromatic nitrogens is 1. The lowest BCUT2D eigenvalue weighted by atomic mass is 10.0. The number of H-pyrrole nitrogens is 1. The van der Waals surface area contributed by atoms with Gasteiger partial charge >= 0.3 is 12.1 Å². The summed E-state index contributed by atoms with van der Waals surface area (Å²) in [5.41, 5.74) is 1.03. The van der Waals surface area contributed by atoms with E-state index >= 15 is 0 Å². The van der Waals surface area contributed by atoms with Crippen molar-refractivity contribution in [1.29, 1.82) is 0 Å². The number of aliphatic carboxylic acids is 1. The van der Waals surface area contributed by atoms with E-state index in [1.54, 1.807) is 6.07 Å². The number of nitrogens with one attached hydrogen (secondary N) is 3. The van der Waals surface area contributed by atoms with Crippen LogP contribution in [0.3, 0.4) is 0 Å². The van der Waals surface area contributed by atoms with Gasteiger partial charge in [0.05, 0.1) is 22.5 Å². The average molecular weight is 796 g/mol. The number of piperazine rings is 2. The Bertz CT molecular complexity index is 1850. The van der Waals surface area contributed by atoms with E-state index in [0.29, 0.717) is 43.5 Å². The van der Waals surface area contributed by atoms with E-state index in [4.69, 9.17) is 5.11 Å². The fourth-order valence-electron chi connectivity index (χ4n) is 7.39. The summed E-state index contributed by atoms with van der Waals surface area (Å²) in [5.74, 6) is -1.62. The van der Waals surface area contributed by atoms with Crippen molar-refractivity contribution in [2.45, 2.75) is 70.5 Å². The number of hydrogen-bond acceptors (Lipinski definition) is 8. The molecule has 2 saturated heterocycles. The number of hydrogen-bond donors (Lipinski definition) is 4. The van der Waals surface area contributed by atoms with Gasteiger partial charge in [-0.15, -0.1) is 0 Å². The summed E-state index contributed by atoms with van der Waals surface area (Å²) in [4.78, 5) is 59.3. The average Bonchev–Trinajstić information content (AvgIpc) is 3.18. The number of carbonyl (C=O) groups excluding carboxylic acids is 2. The fraction of sp³-hybridized carbons (Fsp3) is 0.524. The molecule has 0 aliphatic carbocycles. The number of aromatic amines is 1. The van der Waals surface area contributed by atoms with Crippen LogP contribution in [0.25, 0.3) is 11.1 Å². The number of carbonyl (C=O) groups is 3. The molecule has 310 valence electrons. The maximum atomic E-state index is 13.8. The second kappa shape index (κ2) is 21.1.